The van der Waals surface area contributed by atoms with E-state index in [1.807, 2.05) is 42.5 Å². The summed E-state index contributed by atoms with van der Waals surface area (Å²) in [5.74, 6) is 0.869. The lowest BCUT2D eigenvalue weighted by atomic mass is 10.0. The van der Waals surface area contributed by atoms with Gasteiger partial charge in [0.15, 0.2) is 0 Å². The molecule has 1 aliphatic rings. The lowest BCUT2D eigenvalue weighted by Gasteiger charge is -2.23. The Kier molecular flexibility index (Phi) is 7.33. The minimum atomic E-state index is -0.259. The molecule has 0 aliphatic carbocycles. The fraction of sp³-hybridized carbons (Fsp3) is 0.286. The Balaban J connectivity index is 1.26. The summed E-state index contributed by atoms with van der Waals surface area (Å²) >= 11 is 0. The van der Waals surface area contributed by atoms with Gasteiger partial charge in [-0.2, -0.15) is 0 Å². The van der Waals surface area contributed by atoms with Gasteiger partial charge in [0.25, 0.3) is 0 Å². The minimum absolute atomic E-state index is 0.0291. The number of hydrogen-bond acceptors (Lipinski definition) is 6. The summed E-state index contributed by atoms with van der Waals surface area (Å²) in [6.07, 6.45) is 2.99. The maximum Gasteiger partial charge on any atom is 0.237 e. The fourth-order valence-corrected chi connectivity index (χ4v) is 4.87. The van der Waals surface area contributed by atoms with E-state index in [0.29, 0.717) is 32.5 Å². The Hall–Kier alpha value is -4.04. The van der Waals surface area contributed by atoms with Crippen LogP contribution in [0.3, 0.4) is 0 Å². The number of nitrogens with one attached hydrogen (secondary N) is 1. The Bertz CT molecular complexity index is 1260. The van der Waals surface area contributed by atoms with Gasteiger partial charge in [0.1, 0.15) is 12.1 Å². The van der Waals surface area contributed by atoms with Crippen LogP contribution in [-0.4, -0.2) is 57.3 Å². The first kappa shape index (κ1) is 23.7. The second-order valence-electron chi connectivity index (χ2n) is 9.04. The first-order chi connectivity index (χ1) is 17.7. The average molecular weight is 483 g/mol. The second kappa shape index (κ2) is 11.1. The molecule has 3 aromatic carbocycles. The van der Waals surface area contributed by atoms with Gasteiger partial charge in [-0.25, -0.2) is 4.68 Å². The van der Waals surface area contributed by atoms with Gasteiger partial charge in [-0.1, -0.05) is 72.8 Å². The SMILES string of the molecule is COc1ccccc1CCNC(=O)[C@@H]1C[C@@H](n2cnnn2)CN1Cc1ccc(-c2ccccc2)cc1. The van der Waals surface area contributed by atoms with E-state index in [0.717, 1.165) is 11.3 Å². The number of methoxy groups -OCH3 is 1. The molecule has 8 heteroatoms. The molecule has 0 saturated carbocycles. The predicted octanol–water partition coefficient (Wildman–Crippen LogP) is 3.52. The summed E-state index contributed by atoms with van der Waals surface area (Å²) in [6.45, 7) is 1.93. The lowest BCUT2D eigenvalue weighted by molar-refractivity contribution is -0.125. The number of likely N-dealkylation sites (tertiary alicyclic amines) is 1. The Morgan fingerprint density at radius 3 is 2.50 bits per heavy atom. The number of nitrogens with zero attached hydrogens (tertiary/aromatic N) is 5. The van der Waals surface area contributed by atoms with Gasteiger partial charge >= 0.3 is 0 Å². The van der Waals surface area contributed by atoms with Gasteiger partial charge in [-0.05, 0) is 51.6 Å². The number of hydrogen-bond donors (Lipinski definition) is 1. The Morgan fingerprint density at radius 1 is 1.00 bits per heavy atom. The maximum atomic E-state index is 13.3. The molecule has 4 aromatic rings. The van der Waals surface area contributed by atoms with E-state index in [1.165, 1.54) is 16.7 Å². The van der Waals surface area contributed by atoms with Gasteiger partial charge < -0.3 is 10.1 Å². The average Bonchev–Trinajstić information content (AvgIpc) is 3.60. The quantitative estimate of drug-likeness (QED) is 0.393. The van der Waals surface area contributed by atoms with E-state index in [2.05, 4.69) is 62.1 Å². The zero-order valence-corrected chi connectivity index (χ0v) is 20.3. The van der Waals surface area contributed by atoms with E-state index >= 15 is 0 Å². The van der Waals surface area contributed by atoms with E-state index in [9.17, 15) is 4.79 Å². The molecule has 0 unspecified atom stereocenters. The van der Waals surface area contributed by atoms with Crippen LogP contribution in [0.2, 0.25) is 0 Å². The highest BCUT2D eigenvalue weighted by Gasteiger charge is 2.38. The molecule has 5 rings (SSSR count). The van der Waals surface area contributed by atoms with Crippen LogP contribution >= 0.6 is 0 Å². The highest BCUT2D eigenvalue weighted by molar-refractivity contribution is 5.82. The third-order valence-electron chi connectivity index (χ3n) is 6.76. The standard InChI is InChI=1S/C28H30N6O2/c1-36-27-10-6-5-9-24(27)15-16-29-28(35)26-17-25(34-20-30-31-32-34)19-33(26)18-21-11-13-23(14-12-21)22-7-3-2-4-8-22/h2-14,20,25-26H,15-19H2,1H3,(H,29,35)/t25-,26+/m1/s1. The number of rotatable bonds is 9. The molecule has 8 nitrogen and oxygen atoms in total. The Labute approximate surface area is 210 Å². The molecule has 1 fully saturated rings. The third-order valence-corrected chi connectivity index (χ3v) is 6.76. The Morgan fingerprint density at radius 2 is 1.75 bits per heavy atom. The molecule has 1 N–H and O–H groups in total. The summed E-state index contributed by atoms with van der Waals surface area (Å²) in [4.78, 5) is 15.5. The number of tetrazole rings is 1. The number of aromatic nitrogens is 4. The molecular weight excluding hydrogens is 452 g/mol. The first-order valence-corrected chi connectivity index (χ1v) is 12.2. The largest absolute Gasteiger partial charge is 0.496 e. The first-order valence-electron chi connectivity index (χ1n) is 12.2. The van der Waals surface area contributed by atoms with Crippen molar-refractivity contribution in [3.05, 3.63) is 96.3 Å². The molecule has 0 bridgehead atoms. The zero-order valence-electron chi connectivity index (χ0n) is 20.3. The highest BCUT2D eigenvalue weighted by Crippen LogP contribution is 2.29. The molecular formula is C28H30N6O2. The zero-order chi connectivity index (χ0) is 24.7. The van der Waals surface area contributed by atoms with Crippen molar-refractivity contribution in [3.8, 4) is 16.9 Å². The van der Waals surface area contributed by atoms with Crippen LogP contribution in [0.4, 0.5) is 0 Å². The van der Waals surface area contributed by atoms with Crippen LogP contribution in [0.15, 0.2) is 85.2 Å². The summed E-state index contributed by atoms with van der Waals surface area (Å²) in [6, 6.07) is 26.6. The topological polar surface area (TPSA) is 85.2 Å². The number of ether oxygens (including phenoxy) is 1. The van der Waals surface area contributed by atoms with E-state index in [4.69, 9.17) is 4.74 Å². The molecule has 1 saturated heterocycles. The molecule has 1 aliphatic heterocycles. The van der Waals surface area contributed by atoms with Crippen molar-refractivity contribution in [1.29, 1.82) is 0 Å². The van der Waals surface area contributed by atoms with Crippen molar-refractivity contribution in [1.82, 2.24) is 30.4 Å². The lowest BCUT2D eigenvalue weighted by Crippen LogP contribution is -2.43. The maximum absolute atomic E-state index is 13.3. The van der Waals surface area contributed by atoms with Crippen molar-refractivity contribution in [3.63, 3.8) is 0 Å². The van der Waals surface area contributed by atoms with Gasteiger partial charge in [-0.3, -0.25) is 9.69 Å². The van der Waals surface area contributed by atoms with Crippen LogP contribution in [0.1, 0.15) is 23.6 Å². The summed E-state index contributed by atoms with van der Waals surface area (Å²) < 4.78 is 7.19. The van der Waals surface area contributed by atoms with E-state index in [1.54, 1.807) is 18.1 Å². The molecule has 0 radical (unpaired) electrons. The molecule has 2 atom stereocenters. The van der Waals surface area contributed by atoms with Crippen molar-refractivity contribution in [2.45, 2.75) is 31.5 Å². The van der Waals surface area contributed by atoms with Crippen LogP contribution in [0.25, 0.3) is 11.1 Å². The predicted molar refractivity (Wildman–Crippen MR) is 137 cm³/mol. The number of para-hydroxylation sites is 1. The third kappa shape index (κ3) is 5.44. The normalized spacial score (nSPS) is 17.7. The van der Waals surface area contributed by atoms with Crippen molar-refractivity contribution in [2.24, 2.45) is 0 Å². The van der Waals surface area contributed by atoms with Gasteiger partial charge in [0.05, 0.1) is 19.2 Å². The number of amides is 1. The van der Waals surface area contributed by atoms with Gasteiger partial charge in [-0.15, -0.1) is 5.10 Å². The van der Waals surface area contributed by atoms with Gasteiger partial charge in [0, 0.05) is 19.6 Å². The van der Waals surface area contributed by atoms with E-state index in [-0.39, 0.29) is 18.0 Å². The number of carbonyl (C=O) groups is 1. The van der Waals surface area contributed by atoms with E-state index < -0.39 is 0 Å². The van der Waals surface area contributed by atoms with Crippen LogP contribution < -0.4 is 10.1 Å². The fourth-order valence-electron chi connectivity index (χ4n) is 4.87. The molecule has 2 heterocycles. The smallest absolute Gasteiger partial charge is 0.237 e. The second-order valence-corrected chi connectivity index (χ2v) is 9.04. The van der Waals surface area contributed by atoms with Crippen LogP contribution in [0.5, 0.6) is 5.75 Å². The minimum Gasteiger partial charge on any atom is -0.496 e. The van der Waals surface area contributed by atoms with Crippen LogP contribution in [-0.2, 0) is 17.8 Å². The number of carbonyl (C=O) groups excluding carboxylic acids is 1. The molecule has 1 amide bonds. The van der Waals surface area contributed by atoms with Gasteiger partial charge in [0.2, 0.25) is 5.91 Å². The summed E-state index contributed by atoms with van der Waals surface area (Å²) in [7, 11) is 1.67. The van der Waals surface area contributed by atoms with Crippen molar-refractivity contribution < 1.29 is 9.53 Å². The van der Waals surface area contributed by atoms with Crippen molar-refractivity contribution in [2.75, 3.05) is 20.2 Å². The van der Waals surface area contributed by atoms with Crippen molar-refractivity contribution >= 4 is 5.91 Å². The summed E-state index contributed by atoms with van der Waals surface area (Å²) in [5.41, 5.74) is 4.61. The van der Waals surface area contributed by atoms with Crippen LogP contribution in [0, 0.1) is 0 Å². The molecule has 0 spiro atoms. The number of benzene rings is 3. The highest BCUT2D eigenvalue weighted by atomic mass is 16.5. The molecule has 184 valence electrons. The summed E-state index contributed by atoms with van der Waals surface area (Å²) in [5, 5.41) is 14.8. The molecule has 36 heavy (non-hydrogen) atoms. The monoisotopic (exact) mass is 482 g/mol. The molecule has 1 aromatic heterocycles.